The molecular weight excluding hydrogens is 478 g/mol. The van der Waals surface area contributed by atoms with Gasteiger partial charge in [0, 0.05) is 58.4 Å². The SMILES string of the molecule is COc1ccc(Cn2c(C#N)c(-c3c[nH]c4ccccc34)n(-c3cn(C)c4ccccc34)c2=O)c(OC)c1. The van der Waals surface area contributed by atoms with Gasteiger partial charge in [-0.25, -0.2) is 4.79 Å². The number of hydrogen-bond donors (Lipinski definition) is 1. The van der Waals surface area contributed by atoms with E-state index >= 15 is 0 Å². The van der Waals surface area contributed by atoms with E-state index < -0.39 is 0 Å². The first kappa shape index (κ1) is 23.3. The lowest BCUT2D eigenvalue weighted by atomic mass is 10.1. The quantitative estimate of drug-likeness (QED) is 0.338. The molecule has 0 aliphatic rings. The second-order valence-electron chi connectivity index (χ2n) is 9.08. The molecule has 0 aliphatic carbocycles. The number of H-pyrrole nitrogens is 1. The molecule has 8 heteroatoms. The molecule has 8 nitrogen and oxygen atoms in total. The molecule has 1 N–H and O–H groups in total. The lowest BCUT2D eigenvalue weighted by molar-refractivity contribution is 0.390. The number of imidazole rings is 1. The Labute approximate surface area is 218 Å². The van der Waals surface area contributed by atoms with Gasteiger partial charge in [-0.1, -0.05) is 36.4 Å². The van der Waals surface area contributed by atoms with Crippen molar-refractivity contribution in [2.24, 2.45) is 7.05 Å². The highest BCUT2D eigenvalue weighted by atomic mass is 16.5. The van der Waals surface area contributed by atoms with Gasteiger partial charge in [0.15, 0.2) is 0 Å². The van der Waals surface area contributed by atoms with E-state index in [1.807, 2.05) is 84.7 Å². The van der Waals surface area contributed by atoms with Crippen LogP contribution < -0.4 is 15.2 Å². The number of nitrogens with one attached hydrogen (secondary N) is 1. The number of ether oxygens (including phenoxy) is 2. The molecule has 3 heterocycles. The third kappa shape index (κ3) is 3.48. The Morgan fingerprint density at radius 3 is 2.50 bits per heavy atom. The van der Waals surface area contributed by atoms with Gasteiger partial charge < -0.3 is 19.0 Å². The van der Waals surface area contributed by atoms with Gasteiger partial charge in [0.25, 0.3) is 0 Å². The van der Waals surface area contributed by atoms with E-state index in [2.05, 4.69) is 11.1 Å². The second-order valence-corrected chi connectivity index (χ2v) is 9.08. The fraction of sp³-hybridized carbons (Fsp3) is 0.133. The molecule has 188 valence electrons. The number of aromatic nitrogens is 4. The van der Waals surface area contributed by atoms with Crippen molar-refractivity contribution in [3.05, 3.63) is 101 Å². The maximum Gasteiger partial charge on any atom is 0.334 e. The normalized spacial score (nSPS) is 11.2. The maximum absolute atomic E-state index is 14.3. The van der Waals surface area contributed by atoms with E-state index in [9.17, 15) is 10.1 Å². The second kappa shape index (κ2) is 9.05. The highest BCUT2D eigenvalue weighted by Gasteiger charge is 2.27. The van der Waals surface area contributed by atoms with Gasteiger partial charge in [0.2, 0.25) is 0 Å². The molecule has 6 aromatic rings. The summed E-state index contributed by atoms with van der Waals surface area (Å²) >= 11 is 0. The number of hydrogen-bond acceptors (Lipinski definition) is 4. The molecule has 3 aromatic heterocycles. The number of nitriles is 1. The van der Waals surface area contributed by atoms with Crippen molar-refractivity contribution in [1.29, 1.82) is 5.26 Å². The van der Waals surface area contributed by atoms with Crippen molar-refractivity contribution >= 4 is 21.8 Å². The summed E-state index contributed by atoms with van der Waals surface area (Å²) in [6.45, 7) is 0.155. The van der Waals surface area contributed by atoms with Crippen LogP contribution in [0.25, 0.3) is 38.8 Å². The molecule has 0 atom stereocenters. The number of fused-ring (bicyclic) bond motifs is 2. The third-order valence-corrected chi connectivity index (χ3v) is 7.03. The summed E-state index contributed by atoms with van der Waals surface area (Å²) in [5, 5.41) is 12.3. The van der Waals surface area contributed by atoms with Crippen molar-refractivity contribution in [3.8, 4) is 34.5 Å². The van der Waals surface area contributed by atoms with Crippen molar-refractivity contribution in [2.45, 2.75) is 6.54 Å². The van der Waals surface area contributed by atoms with Crippen LogP contribution >= 0.6 is 0 Å². The largest absolute Gasteiger partial charge is 0.497 e. The van der Waals surface area contributed by atoms with E-state index in [-0.39, 0.29) is 17.9 Å². The minimum absolute atomic E-state index is 0.155. The van der Waals surface area contributed by atoms with Crippen LogP contribution in [-0.2, 0) is 13.6 Å². The molecule has 0 radical (unpaired) electrons. The summed E-state index contributed by atoms with van der Waals surface area (Å²) in [4.78, 5) is 17.6. The summed E-state index contributed by atoms with van der Waals surface area (Å²) in [6.07, 6.45) is 3.80. The van der Waals surface area contributed by atoms with Gasteiger partial charge in [-0.15, -0.1) is 0 Å². The summed E-state index contributed by atoms with van der Waals surface area (Å²) < 4.78 is 16.1. The minimum atomic E-state index is -0.309. The van der Waals surface area contributed by atoms with E-state index in [0.29, 0.717) is 22.9 Å². The van der Waals surface area contributed by atoms with Crippen LogP contribution in [0.15, 0.2) is 83.9 Å². The van der Waals surface area contributed by atoms with Gasteiger partial charge in [-0.05, 0) is 24.3 Å². The van der Waals surface area contributed by atoms with Gasteiger partial charge in [-0.3, -0.25) is 9.13 Å². The number of benzene rings is 3. The molecule has 0 aliphatic heterocycles. The Hall–Kier alpha value is -5.16. The van der Waals surface area contributed by atoms with Gasteiger partial charge >= 0.3 is 5.69 Å². The number of rotatable bonds is 6. The average molecular weight is 504 g/mol. The van der Waals surface area contributed by atoms with Crippen molar-refractivity contribution in [3.63, 3.8) is 0 Å². The Morgan fingerprint density at radius 2 is 1.74 bits per heavy atom. The van der Waals surface area contributed by atoms with Gasteiger partial charge in [0.1, 0.15) is 23.3 Å². The zero-order chi connectivity index (χ0) is 26.4. The number of para-hydroxylation sites is 2. The van der Waals surface area contributed by atoms with E-state index in [4.69, 9.17) is 9.47 Å². The van der Waals surface area contributed by atoms with E-state index in [0.717, 1.165) is 32.9 Å². The van der Waals surface area contributed by atoms with Crippen molar-refractivity contribution in [1.82, 2.24) is 18.7 Å². The third-order valence-electron chi connectivity index (χ3n) is 7.03. The van der Waals surface area contributed by atoms with Crippen LogP contribution in [0.5, 0.6) is 11.5 Å². The molecular formula is C30H25N5O3. The first-order valence-electron chi connectivity index (χ1n) is 12.1. The molecule has 0 saturated carbocycles. The highest BCUT2D eigenvalue weighted by molar-refractivity contribution is 5.97. The highest BCUT2D eigenvalue weighted by Crippen LogP contribution is 2.35. The first-order valence-corrected chi connectivity index (χ1v) is 12.1. The lowest BCUT2D eigenvalue weighted by Crippen LogP contribution is -2.24. The maximum atomic E-state index is 14.3. The minimum Gasteiger partial charge on any atom is -0.497 e. The molecule has 0 unspecified atom stereocenters. The smallest absolute Gasteiger partial charge is 0.334 e. The monoisotopic (exact) mass is 503 g/mol. The molecule has 38 heavy (non-hydrogen) atoms. The number of aryl methyl sites for hydroxylation is 1. The fourth-order valence-corrected chi connectivity index (χ4v) is 5.20. The van der Waals surface area contributed by atoms with E-state index in [1.54, 1.807) is 24.9 Å². The molecule has 0 bridgehead atoms. The van der Waals surface area contributed by atoms with Gasteiger partial charge in [0.05, 0.1) is 32.1 Å². The molecule has 3 aromatic carbocycles. The topological polar surface area (TPSA) is 89.9 Å². The molecule has 6 rings (SSSR count). The number of aromatic amines is 1. The standard InChI is InChI=1S/C30H25N5O3/c1-33-18-27(22-9-5-7-11-25(22)33)35-29(23-16-32-24-10-6-4-8-21(23)24)26(15-31)34(30(35)36)17-19-12-13-20(37-2)14-28(19)38-3/h4-14,16,18,32H,17H2,1-3H3. The fourth-order valence-electron chi connectivity index (χ4n) is 5.20. The predicted molar refractivity (Wildman–Crippen MR) is 147 cm³/mol. The molecule has 0 amide bonds. The van der Waals surface area contributed by atoms with Crippen molar-refractivity contribution in [2.75, 3.05) is 14.2 Å². The van der Waals surface area contributed by atoms with Crippen LogP contribution in [0.2, 0.25) is 0 Å². The Bertz CT molecular complexity index is 1930. The zero-order valence-corrected chi connectivity index (χ0v) is 21.2. The summed E-state index contributed by atoms with van der Waals surface area (Å²) in [5.41, 5.74) is 4.66. The van der Waals surface area contributed by atoms with Crippen LogP contribution in [0.4, 0.5) is 0 Å². The number of methoxy groups -OCH3 is 2. The van der Waals surface area contributed by atoms with Crippen LogP contribution in [0, 0.1) is 11.3 Å². The first-order chi connectivity index (χ1) is 18.5. The number of nitrogens with zero attached hydrogens (tertiary/aromatic N) is 4. The predicted octanol–water partition coefficient (Wildman–Crippen LogP) is 5.22. The Morgan fingerprint density at radius 1 is 0.974 bits per heavy atom. The lowest BCUT2D eigenvalue weighted by Gasteiger charge is -2.11. The van der Waals surface area contributed by atoms with Crippen molar-refractivity contribution < 1.29 is 9.47 Å². The molecule has 0 spiro atoms. The van der Waals surface area contributed by atoms with Gasteiger partial charge in [-0.2, -0.15) is 5.26 Å². The Balaban J connectivity index is 1.67. The Kier molecular flexibility index (Phi) is 5.54. The summed E-state index contributed by atoms with van der Waals surface area (Å²) in [7, 11) is 5.11. The summed E-state index contributed by atoms with van der Waals surface area (Å²) in [6, 6.07) is 23.6. The van der Waals surface area contributed by atoms with Crippen LogP contribution in [0.1, 0.15) is 11.3 Å². The summed E-state index contributed by atoms with van der Waals surface area (Å²) in [5.74, 6) is 1.22. The molecule has 0 saturated heterocycles. The van der Waals surface area contributed by atoms with Crippen LogP contribution in [-0.4, -0.2) is 32.9 Å². The average Bonchev–Trinajstić information content (AvgIpc) is 3.60. The van der Waals surface area contributed by atoms with E-state index in [1.165, 1.54) is 4.57 Å². The van der Waals surface area contributed by atoms with Crippen LogP contribution in [0.3, 0.4) is 0 Å². The zero-order valence-electron chi connectivity index (χ0n) is 21.2. The molecule has 0 fully saturated rings.